The molecule has 0 amide bonds. The molecule has 0 bridgehead atoms. The van der Waals surface area contributed by atoms with Crippen molar-refractivity contribution in [2.24, 2.45) is 5.92 Å². The van der Waals surface area contributed by atoms with Crippen molar-refractivity contribution in [1.82, 2.24) is 0 Å². The standard InChI is InChI=1S/C9H12O2/c1-2-6-9-8(4-1)5-3-7-10-11-9/h1-2,4,6,8-9H,3,5,7H2. The second-order valence-electron chi connectivity index (χ2n) is 2.96. The third-order valence-electron chi connectivity index (χ3n) is 2.14. The Morgan fingerprint density at radius 3 is 3.09 bits per heavy atom. The number of hydrogen-bond donors (Lipinski definition) is 0. The molecule has 0 aromatic rings. The highest BCUT2D eigenvalue weighted by Gasteiger charge is 2.22. The van der Waals surface area contributed by atoms with E-state index in [1.165, 1.54) is 6.42 Å². The van der Waals surface area contributed by atoms with Gasteiger partial charge in [0.05, 0.1) is 6.61 Å². The summed E-state index contributed by atoms with van der Waals surface area (Å²) >= 11 is 0. The van der Waals surface area contributed by atoms with Gasteiger partial charge in [-0.2, -0.15) is 0 Å². The minimum atomic E-state index is 0.155. The van der Waals surface area contributed by atoms with Crippen LogP contribution in [0.3, 0.4) is 0 Å². The van der Waals surface area contributed by atoms with Gasteiger partial charge >= 0.3 is 0 Å². The van der Waals surface area contributed by atoms with E-state index in [1.54, 1.807) is 0 Å². The summed E-state index contributed by atoms with van der Waals surface area (Å²) in [6.07, 6.45) is 10.8. The van der Waals surface area contributed by atoms with Gasteiger partial charge in [0.25, 0.3) is 0 Å². The molecule has 2 unspecified atom stereocenters. The quantitative estimate of drug-likeness (QED) is 0.493. The molecule has 0 aromatic heterocycles. The highest BCUT2D eigenvalue weighted by Crippen LogP contribution is 2.23. The third kappa shape index (κ3) is 1.52. The van der Waals surface area contributed by atoms with Gasteiger partial charge in [-0.1, -0.05) is 24.3 Å². The SMILES string of the molecule is C1=CC2CCCOOC2C=C1. The maximum Gasteiger partial charge on any atom is 0.118 e. The molecule has 0 saturated carbocycles. The molecule has 0 spiro atoms. The lowest BCUT2D eigenvalue weighted by atomic mass is 9.93. The van der Waals surface area contributed by atoms with Crippen LogP contribution in [-0.4, -0.2) is 12.7 Å². The van der Waals surface area contributed by atoms with Crippen LogP contribution < -0.4 is 0 Å². The molecule has 1 aliphatic carbocycles. The molecule has 2 atom stereocenters. The molecule has 2 rings (SSSR count). The molecular weight excluding hydrogens is 140 g/mol. The van der Waals surface area contributed by atoms with Crippen molar-refractivity contribution >= 4 is 0 Å². The van der Waals surface area contributed by atoms with Crippen molar-refractivity contribution in [1.29, 1.82) is 0 Å². The Morgan fingerprint density at radius 2 is 2.09 bits per heavy atom. The minimum Gasteiger partial charge on any atom is -0.236 e. The first-order valence-corrected chi connectivity index (χ1v) is 4.10. The van der Waals surface area contributed by atoms with E-state index in [2.05, 4.69) is 18.2 Å². The van der Waals surface area contributed by atoms with E-state index in [0.717, 1.165) is 13.0 Å². The minimum absolute atomic E-state index is 0.155. The maximum atomic E-state index is 5.17. The molecule has 11 heavy (non-hydrogen) atoms. The van der Waals surface area contributed by atoms with Gasteiger partial charge in [-0.15, -0.1) is 0 Å². The first kappa shape index (κ1) is 7.07. The monoisotopic (exact) mass is 152 g/mol. The summed E-state index contributed by atoms with van der Waals surface area (Å²) in [5, 5.41) is 0. The lowest BCUT2D eigenvalue weighted by Crippen LogP contribution is -2.19. The van der Waals surface area contributed by atoms with E-state index in [-0.39, 0.29) is 6.10 Å². The normalized spacial score (nSPS) is 36.4. The van der Waals surface area contributed by atoms with Gasteiger partial charge in [0, 0.05) is 5.92 Å². The fraction of sp³-hybridized carbons (Fsp3) is 0.556. The zero-order valence-electron chi connectivity index (χ0n) is 6.40. The highest BCUT2D eigenvalue weighted by molar-refractivity contribution is 5.15. The van der Waals surface area contributed by atoms with Gasteiger partial charge in [-0.3, -0.25) is 0 Å². The van der Waals surface area contributed by atoms with E-state index >= 15 is 0 Å². The van der Waals surface area contributed by atoms with Crippen LogP contribution in [0.15, 0.2) is 24.3 Å². The largest absolute Gasteiger partial charge is 0.236 e. The van der Waals surface area contributed by atoms with Gasteiger partial charge < -0.3 is 0 Å². The van der Waals surface area contributed by atoms with Gasteiger partial charge in [0.1, 0.15) is 6.10 Å². The summed E-state index contributed by atoms with van der Waals surface area (Å²) < 4.78 is 0. The van der Waals surface area contributed by atoms with Crippen LogP contribution in [0.4, 0.5) is 0 Å². The van der Waals surface area contributed by atoms with Crippen LogP contribution in [-0.2, 0) is 9.78 Å². The summed E-state index contributed by atoms with van der Waals surface area (Å²) in [5.74, 6) is 0.530. The van der Waals surface area contributed by atoms with Crippen LogP contribution in [0.1, 0.15) is 12.8 Å². The Bertz CT molecular complexity index is 164. The Labute approximate surface area is 66.4 Å². The molecule has 1 heterocycles. The molecule has 0 aromatic carbocycles. The molecule has 1 fully saturated rings. The van der Waals surface area contributed by atoms with Gasteiger partial charge in [-0.25, -0.2) is 9.78 Å². The second kappa shape index (κ2) is 3.20. The zero-order valence-corrected chi connectivity index (χ0v) is 6.40. The van der Waals surface area contributed by atoms with Crippen LogP contribution in [0.5, 0.6) is 0 Å². The Kier molecular flexibility index (Phi) is 2.06. The summed E-state index contributed by atoms with van der Waals surface area (Å²) in [5.41, 5.74) is 0. The smallest absolute Gasteiger partial charge is 0.118 e. The van der Waals surface area contributed by atoms with Crippen LogP contribution >= 0.6 is 0 Å². The topological polar surface area (TPSA) is 18.5 Å². The lowest BCUT2D eigenvalue weighted by Gasteiger charge is -2.18. The van der Waals surface area contributed by atoms with Gasteiger partial charge in [0.15, 0.2) is 0 Å². The molecule has 0 radical (unpaired) electrons. The van der Waals surface area contributed by atoms with Crippen molar-refractivity contribution in [3.63, 3.8) is 0 Å². The van der Waals surface area contributed by atoms with Crippen molar-refractivity contribution < 1.29 is 9.78 Å². The molecule has 2 aliphatic rings. The number of allylic oxidation sites excluding steroid dienone is 2. The Balaban J connectivity index is 2.07. The maximum absolute atomic E-state index is 5.17. The van der Waals surface area contributed by atoms with Crippen molar-refractivity contribution in [2.75, 3.05) is 6.61 Å². The Morgan fingerprint density at radius 1 is 1.18 bits per heavy atom. The summed E-state index contributed by atoms with van der Waals surface area (Å²) in [6.45, 7) is 0.731. The lowest BCUT2D eigenvalue weighted by molar-refractivity contribution is -0.311. The van der Waals surface area contributed by atoms with Crippen LogP contribution in [0.25, 0.3) is 0 Å². The molecular formula is C9H12O2. The van der Waals surface area contributed by atoms with E-state index < -0.39 is 0 Å². The summed E-state index contributed by atoms with van der Waals surface area (Å²) in [6, 6.07) is 0. The molecule has 2 heteroatoms. The number of fused-ring (bicyclic) bond motifs is 1. The van der Waals surface area contributed by atoms with Crippen molar-refractivity contribution in [3.8, 4) is 0 Å². The second-order valence-corrected chi connectivity index (χ2v) is 2.96. The average Bonchev–Trinajstić information content (AvgIpc) is 2.28. The number of rotatable bonds is 0. The Hall–Kier alpha value is -0.600. The molecule has 1 aliphatic heterocycles. The molecule has 1 saturated heterocycles. The summed E-state index contributed by atoms with van der Waals surface area (Å²) in [4.78, 5) is 10.1. The van der Waals surface area contributed by atoms with Crippen molar-refractivity contribution in [2.45, 2.75) is 18.9 Å². The molecule has 60 valence electrons. The fourth-order valence-corrected chi connectivity index (χ4v) is 1.50. The molecule has 0 N–H and O–H groups in total. The zero-order chi connectivity index (χ0) is 7.52. The fourth-order valence-electron chi connectivity index (χ4n) is 1.50. The predicted octanol–water partition coefficient (Wildman–Crippen LogP) is 1.84. The van der Waals surface area contributed by atoms with E-state index in [1.807, 2.05) is 6.08 Å². The van der Waals surface area contributed by atoms with Gasteiger partial charge in [0.2, 0.25) is 0 Å². The van der Waals surface area contributed by atoms with Crippen LogP contribution in [0.2, 0.25) is 0 Å². The highest BCUT2D eigenvalue weighted by atomic mass is 17.2. The first-order chi connectivity index (χ1) is 5.47. The number of hydrogen-bond acceptors (Lipinski definition) is 2. The summed E-state index contributed by atoms with van der Waals surface area (Å²) in [7, 11) is 0. The first-order valence-electron chi connectivity index (χ1n) is 4.10. The molecule has 2 nitrogen and oxygen atoms in total. The van der Waals surface area contributed by atoms with E-state index in [4.69, 9.17) is 9.78 Å². The van der Waals surface area contributed by atoms with Crippen LogP contribution in [0, 0.1) is 5.92 Å². The average molecular weight is 152 g/mol. The van der Waals surface area contributed by atoms with Gasteiger partial charge in [-0.05, 0) is 12.8 Å². The predicted molar refractivity (Wildman–Crippen MR) is 41.8 cm³/mol. The third-order valence-corrected chi connectivity index (χ3v) is 2.14. The van der Waals surface area contributed by atoms with Crippen molar-refractivity contribution in [3.05, 3.63) is 24.3 Å². The van der Waals surface area contributed by atoms with E-state index in [9.17, 15) is 0 Å². The van der Waals surface area contributed by atoms with E-state index in [0.29, 0.717) is 5.92 Å².